The van der Waals surface area contributed by atoms with Crippen LogP contribution in [0.25, 0.3) is 21.7 Å². The molecule has 0 spiro atoms. The molecular weight excluding hydrogens is 350 g/mol. The molecule has 0 bridgehead atoms. The Labute approximate surface area is 155 Å². The van der Waals surface area contributed by atoms with Crippen LogP contribution in [0.4, 0.5) is 4.79 Å². The van der Waals surface area contributed by atoms with Crippen LogP contribution in [0.15, 0.2) is 51.7 Å². The summed E-state index contributed by atoms with van der Waals surface area (Å²) in [5.41, 5.74) is 0.452. The molecule has 1 amide bonds. The van der Waals surface area contributed by atoms with Crippen LogP contribution >= 0.6 is 0 Å². The number of likely N-dealkylation sites (N-methyl/N-ethyl adjacent to an activating group) is 1. The Balaban J connectivity index is 1.84. The standard InChI is InChI=1S/C20H19NO6/c1-3-25-20(24)21(2)11-18(23)26-12-14-10-17(22)27-16-9-8-13-6-4-5-7-15(13)19(14)16/h4-10H,3,11-12H2,1-2H3. The zero-order chi connectivity index (χ0) is 19.4. The number of benzene rings is 2. The lowest BCUT2D eigenvalue weighted by Gasteiger charge is -2.15. The van der Waals surface area contributed by atoms with Crippen molar-refractivity contribution in [1.29, 1.82) is 0 Å². The second-order valence-corrected chi connectivity index (χ2v) is 5.97. The van der Waals surface area contributed by atoms with Crippen molar-refractivity contribution >= 4 is 33.8 Å². The van der Waals surface area contributed by atoms with Gasteiger partial charge in [0.1, 0.15) is 18.7 Å². The van der Waals surface area contributed by atoms with Gasteiger partial charge in [-0.15, -0.1) is 0 Å². The Bertz CT molecular complexity index is 1060. The molecule has 0 atom stereocenters. The third-order valence-corrected chi connectivity index (χ3v) is 4.05. The molecule has 0 unspecified atom stereocenters. The number of ether oxygens (including phenoxy) is 2. The Hall–Kier alpha value is -3.35. The smallest absolute Gasteiger partial charge is 0.410 e. The number of nitrogens with zero attached hydrogens (tertiary/aromatic N) is 1. The fourth-order valence-corrected chi connectivity index (χ4v) is 2.83. The molecule has 1 aromatic heterocycles. The quantitative estimate of drug-likeness (QED) is 0.390. The first-order chi connectivity index (χ1) is 13.0. The van der Waals surface area contributed by atoms with Crippen LogP contribution in [0, 0.1) is 0 Å². The fraction of sp³-hybridized carbons (Fsp3) is 0.250. The maximum atomic E-state index is 12.0. The molecule has 140 valence electrons. The molecule has 0 aliphatic carbocycles. The second-order valence-electron chi connectivity index (χ2n) is 5.97. The van der Waals surface area contributed by atoms with E-state index in [0.29, 0.717) is 11.1 Å². The molecule has 7 nitrogen and oxygen atoms in total. The van der Waals surface area contributed by atoms with Crippen molar-refractivity contribution in [2.45, 2.75) is 13.5 Å². The zero-order valence-electron chi connectivity index (χ0n) is 15.1. The van der Waals surface area contributed by atoms with Gasteiger partial charge in [0.25, 0.3) is 0 Å². The van der Waals surface area contributed by atoms with Crippen molar-refractivity contribution < 1.29 is 23.5 Å². The molecule has 0 radical (unpaired) electrons. The minimum absolute atomic E-state index is 0.106. The summed E-state index contributed by atoms with van der Waals surface area (Å²) in [5.74, 6) is -0.604. The predicted octanol–water partition coefficient (Wildman–Crippen LogP) is 3.08. The summed E-state index contributed by atoms with van der Waals surface area (Å²) in [4.78, 5) is 36.6. The van der Waals surface area contributed by atoms with Gasteiger partial charge in [-0.3, -0.25) is 4.79 Å². The topological polar surface area (TPSA) is 86.0 Å². The molecule has 3 aromatic rings. The summed E-state index contributed by atoms with van der Waals surface area (Å²) in [6.45, 7) is 1.54. The molecule has 0 N–H and O–H groups in total. The predicted molar refractivity (Wildman–Crippen MR) is 99.4 cm³/mol. The molecule has 0 saturated carbocycles. The highest BCUT2D eigenvalue weighted by atomic mass is 16.6. The SMILES string of the molecule is CCOC(=O)N(C)CC(=O)OCc1cc(=O)oc2ccc3ccccc3c12. The highest BCUT2D eigenvalue weighted by molar-refractivity contribution is 6.07. The highest BCUT2D eigenvalue weighted by Crippen LogP contribution is 2.27. The zero-order valence-corrected chi connectivity index (χ0v) is 15.1. The number of amides is 1. The van der Waals surface area contributed by atoms with E-state index in [1.165, 1.54) is 13.1 Å². The van der Waals surface area contributed by atoms with Gasteiger partial charge >= 0.3 is 17.7 Å². The third-order valence-electron chi connectivity index (χ3n) is 4.05. The Kier molecular flexibility index (Phi) is 5.40. The minimum Gasteiger partial charge on any atom is -0.459 e. The van der Waals surface area contributed by atoms with Gasteiger partial charge in [0.15, 0.2) is 0 Å². The molecular formula is C20H19NO6. The monoisotopic (exact) mass is 369 g/mol. The second kappa shape index (κ2) is 7.90. The van der Waals surface area contributed by atoms with Gasteiger partial charge in [0, 0.05) is 24.1 Å². The molecule has 2 aromatic carbocycles. The Morgan fingerprint density at radius 1 is 1.11 bits per heavy atom. The van der Waals surface area contributed by atoms with Crippen molar-refractivity contribution in [2.75, 3.05) is 20.2 Å². The fourth-order valence-electron chi connectivity index (χ4n) is 2.83. The average Bonchev–Trinajstić information content (AvgIpc) is 2.65. The van der Waals surface area contributed by atoms with E-state index in [1.807, 2.05) is 30.3 Å². The lowest BCUT2D eigenvalue weighted by molar-refractivity contribution is -0.145. The van der Waals surface area contributed by atoms with Gasteiger partial charge in [0.05, 0.1) is 6.61 Å². The summed E-state index contributed by atoms with van der Waals surface area (Å²) in [5, 5.41) is 2.60. The van der Waals surface area contributed by atoms with E-state index in [2.05, 4.69) is 0 Å². The Morgan fingerprint density at radius 2 is 1.89 bits per heavy atom. The molecule has 0 aliphatic heterocycles. The van der Waals surface area contributed by atoms with E-state index < -0.39 is 17.7 Å². The van der Waals surface area contributed by atoms with Crippen LogP contribution in [0.1, 0.15) is 12.5 Å². The number of hydrogen-bond acceptors (Lipinski definition) is 6. The average molecular weight is 369 g/mol. The molecule has 27 heavy (non-hydrogen) atoms. The van der Waals surface area contributed by atoms with Gasteiger partial charge in [-0.25, -0.2) is 9.59 Å². The van der Waals surface area contributed by atoms with Crippen molar-refractivity contribution in [2.24, 2.45) is 0 Å². The number of carbonyl (C=O) groups excluding carboxylic acids is 2. The summed E-state index contributed by atoms with van der Waals surface area (Å²) in [7, 11) is 1.44. The van der Waals surface area contributed by atoms with Crippen molar-refractivity contribution in [1.82, 2.24) is 4.90 Å². The number of esters is 1. The largest absolute Gasteiger partial charge is 0.459 e. The van der Waals surface area contributed by atoms with Crippen LogP contribution in [-0.4, -0.2) is 37.2 Å². The molecule has 3 rings (SSSR count). The highest BCUT2D eigenvalue weighted by Gasteiger charge is 2.16. The first-order valence-corrected chi connectivity index (χ1v) is 8.47. The Morgan fingerprint density at radius 3 is 2.67 bits per heavy atom. The van der Waals surface area contributed by atoms with Crippen LogP contribution in [0.2, 0.25) is 0 Å². The lowest BCUT2D eigenvalue weighted by Crippen LogP contribution is -2.33. The van der Waals surface area contributed by atoms with Crippen molar-refractivity contribution in [3.05, 3.63) is 58.4 Å². The van der Waals surface area contributed by atoms with E-state index in [0.717, 1.165) is 21.1 Å². The number of fused-ring (bicyclic) bond motifs is 3. The maximum absolute atomic E-state index is 12.0. The maximum Gasteiger partial charge on any atom is 0.410 e. The summed E-state index contributed by atoms with van der Waals surface area (Å²) in [6.07, 6.45) is -0.605. The molecule has 0 saturated heterocycles. The number of rotatable bonds is 5. The number of hydrogen-bond donors (Lipinski definition) is 0. The van der Waals surface area contributed by atoms with Gasteiger partial charge in [-0.2, -0.15) is 0 Å². The van der Waals surface area contributed by atoms with Gasteiger partial charge in [-0.05, 0) is 23.8 Å². The summed E-state index contributed by atoms with van der Waals surface area (Å²) in [6, 6.07) is 12.6. The van der Waals surface area contributed by atoms with Crippen LogP contribution in [0.5, 0.6) is 0 Å². The lowest BCUT2D eigenvalue weighted by atomic mass is 10.0. The summed E-state index contributed by atoms with van der Waals surface area (Å²) >= 11 is 0. The van der Waals surface area contributed by atoms with E-state index in [4.69, 9.17) is 13.9 Å². The van der Waals surface area contributed by atoms with E-state index in [1.54, 1.807) is 13.0 Å². The van der Waals surface area contributed by atoms with Crippen LogP contribution < -0.4 is 5.63 Å². The first-order valence-electron chi connectivity index (χ1n) is 8.47. The van der Waals surface area contributed by atoms with Gasteiger partial charge in [-0.1, -0.05) is 30.3 Å². The number of carbonyl (C=O) groups is 2. The van der Waals surface area contributed by atoms with E-state index in [9.17, 15) is 14.4 Å². The third kappa shape index (κ3) is 4.08. The van der Waals surface area contributed by atoms with E-state index in [-0.39, 0.29) is 19.8 Å². The van der Waals surface area contributed by atoms with Crippen molar-refractivity contribution in [3.8, 4) is 0 Å². The van der Waals surface area contributed by atoms with Crippen molar-refractivity contribution in [3.63, 3.8) is 0 Å². The molecule has 7 heteroatoms. The molecule has 0 aliphatic rings. The van der Waals surface area contributed by atoms with E-state index >= 15 is 0 Å². The summed E-state index contributed by atoms with van der Waals surface area (Å²) < 4.78 is 15.4. The van der Waals surface area contributed by atoms with Gasteiger partial charge < -0.3 is 18.8 Å². The minimum atomic E-state index is -0.605. The normalized spacial score (nSPS) is 10.7. The molecule has 1 heterocycles. The van der Waals surface area contributed by atoms with Gasteiger partial charge in [0.2, 0.25) is 0 Å². The van der Waals surface area contributed by atoms with Crippen LogP contribution in [-0.2, 0) is 20.9 Å². The van der Waals surface area contributed by atoms with Crippen LogP contribution in [0.3, 0.4) is 0 Å². The first kappa shape index (κ1) is 18.4. The molecule has 0 fully saturated rings.